The topological polar surface area (TPSA) is 65.9 Å². The van der Waals surface area contributed by atoms with Crippen LogP contribution in [0.4, 0.5) is 4.79 Å². The molecule has 0 spiro atoms. The Morgan fingerprint density at radius 3 is 2.83 bits per heavy atom. The second-order valence-electron chi connectivity index (χ2n) is 7.08. The Morgan fingerprint density at radius 1 is 1.52 bits per heavy atom. The van der Waals surface area contributed by atoms with Crippen molar-refractivity contribution < 1.29 is 14.6 Å². The Hall–Kier alpha value is -1.18. The van der Waals surface area contributed by atoms with E-state index in [0.717, 1.165) is 22.0 Å². The number of ether oxygens (including phenoxy) is 1. The van der Waals surface area contributed by atoms with Crippen molar-refractivity contribution >= 4 is 17.4 Å². The number of carbonyl (C=O) groups excluding carboxylic acids is 1. The van der Waals surface area contributed by atoms with Crippen molar-refractivity contribution in [1.82, 2.24) is 14.8 Å². The SMILES string of the molecule is C[C@@H](CO)N(C)Cc1nc2c(s1)CN(C(=O)OC(C)(C)C)CC2. The number of carbonyl (C=O) groups is 1. The average Bonchev–Trinajstić information content (AvgIpc) is 2.85. The Kier molecular flexibility index (Phi) is 5.65. The van der Waals surface area contributed by atoms with Crippen LogP contribution in [0.3, 0.4) is 0 Å². The number of aliphatic hydroxyl groups is 1. The zero-order chi connectivity index (χ0) is 17.2. The van der Waals surface area contributed by atoms with Gasteiger partial charge in [0.05, 0.1) is 25.4 Å². The van der Waals surface area contributed by atoms with Crippen molar-refractivity contribution in [1.29, 1.82) is 0 Å². The number of aliphatic hydroxyl groups excluding tert-OH is 1. The number of nitrogens with zero attached hydrogens (tertiary/aromatic N) is 3. The van der Waals surface area contributed by atoms with E-state index in [9.17, 15) is 9.90 Å². The smallest absolute Gasteiger partial charge is 0.410 e. The number of amides is 1. The summed E-state index contributed by atoms with van der Waals surface area (Å²) in [6, 6.07) is 0.106. The van der Waals surface area contributed by atoms with Crippen molar-refractivity contribution in [2.45, 2.75) is 58.8 Å². The van der Waals surface area contributed by atoms with Crippen LogP contribution in [0.5, 0.6) is 0 Å². The quantitative estimate of drug-likeness (QED) is 0.910. The normalized spacial score (nSPS) is 16.4. The molecule has 2 rings (SSSR count). The summed E-state index contributed by atoms with van der Waals surface area (Å²) in [7, 11) is 1.98. The first-order valence-corrected chi connectivity index (χ1v) is 8.77. The average molecular weight is 341 g/mol. The first-order valence-electron chi connectivity index (χ1n) is 7.96. The van der Waals surface area contributed by atoms with E-state index in [1.165, 1.54) is 0 Å². The van der Waals surface area contributed by atoms with Crippen molar-refractivity contribution in [2.24, 2.45) is 0 Å². The summed E-state index contributed by atoms with van der Waals surface area (Å²) in [5, 5.41) is 10.2. The number of rotatable bonds is 4. The molecule has 6 nitrogen and oxygen atoms in total. The molecule has 0 saturated heterocycles. The molecule has 130 valence electrons. The molecule has 0 aliphatic carbocycles. The first-order chi connectivity index (χ1) is 10.7. The Morgan fingerprint density at radius 2 is 2.22 bits per heavy atom. The third kappa shape index (κ3) is 4.89. The monoisotopic (exact) mass is 341 g/mol. The van der Waals surface area contributed by atoms with Crippen LogP contribution in [0.15, 0.2) is 0 Å². The van der Waals surface area contributed by atoms with Crippen molar-refractivity contribution in [3.8, 4) is 0 Å². The van der Waals surface area contributed by atoms with E-state index >= 15 is 0 Å². The van der Waals surface area contributed by atoms with E-state index in [-0.39, 0.29) is 18.7 Å². The van der Waals surface area contributed by atoms with Gasteiger partial charge in [-0.1, -0.05) is 0 Å². The highest BCUT2D eigenvalue weighted by molar-refractivity contribution is 7.11. The lowest BCUT2D eigenvalue weighted by Crippen LogP contribution is -2.39. The minimum absolute atomic E-state index is 0.106. The van der Waals surface area contributed by atoms with Crippen LogP contribution >= 0.6 is 11.3 Å². The predicted molar refractivity (Wildman–Crippen MR) is 90.5 cm³/mol. The zero-order valence-corrected chi connectivity index (χ0v) is 15.4. The van der Waals surface area contributed by atoms with Gasteiger partial charge in [0, 0.05) is 23.9 Å². The molecule has 2 heterocycles. The van der Waals surface area contributed by atoms with Crippen molar-refractivity contribution in [3.05, 3.63) is 15.6 Å². The van der Waals surface area contributed by atoms with Gasteiger partial charge in [0.1, 0.15) is 10.6 Å². The third-order valence-corrected chi connectivity index (χ3v) is 4.90. The molecular formula is C16H27N3O3S. The molecule has 1 aliphatic rings. The van der Waals surface area contributed by atoms with Crippen LogP contribution in [-0.2, 0) is 24.2 Å². The molecule has 0 radical (unpaired) electrons. The zero-order valence-electron chi connectivity index (χ0n) is 14.6. The minimum atomic E-state index is -0.473. The maximum atomic E-state index is 12.2. The van der Waals surface area contributed by atoms with Gasteiger partial charge in [-0.3, -0.25) is 4.90 Å². The van der Waals surface area contributed by atoms with Crippen molar-refractivity contribution in [2.75, 3.05) is 20.2 Å². The molecule has 0 bridgehead atoms. The van der Waals surface area contributed by atoms with Gasteiger partial charge < -0.3 is 14.7 Å². The number of hydrogen-bond donors (Lipinski definition) is 1. The largest absolute Gasteiger partial charge is 0.444 e. The highest BCUT2D eigenvalue weighted by Gasteiger charge is 2.28. The fraction of sp³-hybridized carbons (Fsp3) is 0.750. The molecular weight excluding hydrogens is 314 g/mol. The molecule has 0 fully saturated rings. The lowest BCUT2D eigenvalue weighted by molar-refractivity contribution is 0.0225. The molecule has 23 heavy (non-hydrogen) atoms. The number of fused-ring (bicyclic) bond motifs is 1. The number of likely N-dealkylation sites (N-methyl/N-ethyl adjacent to an activating group) is 1. The fourth-order valence-electron chi connectivity index (χ4n) is 2.31. The van der Waals surface area contributed by atoms with E-state index in [0.29, 0.717) is 19.6 Å². The Balaban J connectivity index is 2.00. The van der Waals surface area contributed by atoms with Gasteiger partial charge in [-0.2, -0.15) is 0 Å². The molecule has 0 unspecified atom stereocenters. The standard InChI is InChI=1S/C16H27N3O3S/c1-11(10-20)18(5)9-14-17-12-6-7-19(8-13(12)23-14)15(21)22-16(2,3)4/h11,20H,6-10H2,1-5H3/t11-/m0/s1. The second-order valence-corrected chi connectivity index (χ2v) is 8.24. The molecule has 1 aromatic rings. The highest BCUT2D eigenvalue weighted by atomic mass is 32.1. The summed E-state index contributed by atoms with van der Waals surface area (Å²) in [6.07, 6.45) is 0.508. The molecule has 1 aromatic heterocycles. The second kappa shape index (κ2) is 7.15. The van der Waals surface area contributed by atoms with E-state index < -0.39 is 5.60 Å². The maximum Gasteiger partial charge on any atom is 0.410 e. The summed E-state index contributed by atoms with van der Waals surface area (Å²) in [6.45, 7) is 9.68. The Labute approximate surface area is 142 Å². The fourth-order valence-corrected chi connectivity index (χ4v) is 3.50. The van der Waals surface area contributed by atoms with Gasteiger partial charge in [0.25, 0.3) is 0 Å². The first kappa shape index (κ1) is 18.2. The number of thiazole rings is 1. The van der Waals surface area contributed by atoms with Crippen LogP contribution < -0.4 is 0 Å². The van der Waals surface area contributed by atoms with E-state index in [1.807, 2.05) is 34.7 Å². The molecule has 7 heteroatoms. The summed E-state index contributed by atoms with van der Waals surface area (Å²) in [4.78, 5) is 21.8. The summed E-state index contributed by atoms with van der Waals surface area (Å²) < 4.78 is 5.44. The van der Waals surface area contributed by atoms with Gasteiger partial charge in [-0.05, 0) is 34.7 Å². The van der Waals surface area contributed by atoms with Crippen LogP contribution in [0.2, 0.25) is 0 Å². The summed E-state index contributed by atoms with van der Waals surface area (Å²) in [5.41, 5.74) is 0.620. The molecule has 0 saturated carbocycles. The summed E-state index contributed by atoms with van der Waals surface area (Å²) in [5.74, 6) is 0. The Bertz CT molecular complexity index is 553. The predicted octanol–water partition coefficient (Wildman–Crippen LogP) is 2.25. The molecule has 1 N–H and O–H groups in total. The van der Waals surface area contributed by atoms with Gasteiger partial charge in [-0.25, -0.2) is 9.78 Å². The van der Waals surface area contributed by atoms with E-state index in [2.05, 4.69) is 4.90 Å². The summed E-state index contributed by atoms with van der Waals surface area (Å²) >= 11 is 1.65. The number of aromatic nitrogens is 1. The number of hydrogen-bond acceptors (Lipinski definition) is 6. The molecule has 1 atom stereocenters. The third-order valence-electron chi connectivity index (χ3n) is 3.83. The van der Waals surface area contributed by atoms with E-state index in [1.54, 1.807) is 16.2 Å². The van der Waals surface area contributed by atoms with Crippen molar-refractivity contribution in [3.63, 3.8) is 0 Å². The minimum Gasteiger partial charge on any atom is -0.444 e. The molecule has 1 aliphatic heterocycles. The molecule has 1 amide bonds. The van der Waals surface area contributed by atoms with Gasteiger partial charge in [0.15, 0.2) is 0 Å². The highest BCUT2D eigenvalue weighted by Crippen LogP contribution is 2.27. The van der Waals surface area contributed by atoms with Crippen LogP contribution in [-0.4, -0.2) is 57.8 Å². The lowest BCUT2D eigenvalue weighted by atomic mass is 10.2. The van der Waals surface area contributed by atoms with E-state index in [4.69, 9.17) is 9.72 Å². The van der Waals surface area contributed by atoms with Gasteiger partial charge in [0.2, 0.25) is 0 Å². The van der Waals surface area contributed by atoms with Crippen LogP contribution in [0, 0.1) is 0 Å². The van der Waals surface area contributed by atoms with Gasteiger partial charge in [-0.15, -0.1) is 11.3 Å². The maximum absolute atomic E-state index is 12.2. The molecule has 0 aromatic carbocycles. The lowest BCUT2D eigenvalue weighted by Gasteiger charge is -2.29. The van der Waals surface area contributed by atoms with Gasteiger partial charge >= 0.3 is 6.09 Å². The van der Waals surface area contributed by atoms with Crippen LogP contribution in [0.25, 0.3) is 0 Å². The van der Waals surface area contributed by atoms with Crippen LogP contribution in [0.1, 0.15) is 43.3 Å².